The summed E-state index contributed by atoms with van der Waals surface area (Å²) >= 11 is 0. The minimum absolute atomic E-state index is 0.154. The van der Waals surface area contributed by atoms with Gasteiger partial charge in [-0.2, -0.15) is 0 Å². The van der Waals surface area contributed by atoms with Crippen molar-refractivity contribution in [1.29, 1.82) is 0 Å². The summed E-state index contributed by atoms with van der Waals surface area (Å²) in [5.74, 6) is 1.06. The second-order valence-electron chi connectivity index (χ2n) is 4.72. The standard InChI is InChI=1S/C12H17NO/c1-12(2)8-14-11-9(12)6-5-7-10(11)13(3)4/h5-7H,8H2,1-4H3. The maximum absolute atomic E-state index is 5.76. The number of hydrogen-bond donors (Lipinski definition) is 0. The van der Waals surface area contributed by atoms with Gasteiger partial charge in [0.05, 0.1) is 12.3 Å². The Kier molecular flexibility index (Phi) is 1.95. The molecule has 0 saturated heterocycles. The van der Waals surface area contributed by atoms with Crippen molar-refractivity contribution >= 4 is 5.69 Å². The third kappa shape index (κ3) is 1.26. The quantitative estimate of drug-likeness (QED) is 0.676. The molecule has 0 N–H and O–H groups in total. The molecule has 0 radical (unpaired) electrons. The van der Waals surface area contributed by atoms with E-state index in [4.69, 9.17) is 4.74 Å². The third-order valence-electron chi connectivity index (χ3n) is 2.78. The van der Waals surface area contributed by atoms with Crippen LogP contribution in [-0.4, -0.2) is 20.7 Å². The zero-order chi connectivity index (χ0) is 10.3. The molecule has 2 heteroatoms. The minimum Gasteiger partial charge on any atom is -0.490 e. The summed E-state index contributed by atoms with van der Waals surface area (Å²) in [7, 11) is 4.09. The van der Waals surface area contributed by atoms with E-state index in [-0.39, 0.29) is 5.41 Å². The van der Waals surface area contributed by atoms with Gasteiger partial charge in [-0.25, -0.2) is 0 Å². The lowest BCUT2D eigenvalue weighted by Gasteiger charge is -2.17. The molecule has 0 amide bonds. The summed E-state index contributed by atoms with van der Waals surface area (Å²) in [6.45, 7) is 5.23. The van der Waals surface area contributed by atoms with Crippen molar-refractivity contribution in [2.45, 2.75) is 19.3 Å². The molecule has 1 aliphatic heterocycles. The molecule has 0 bridgehead atoms. The van der Waals surface area contributed by atoms with Gasteiger partial charge in [-0.15, -0.1) is 0 Å². The molecule has 2 rings (SSSR count). The second kappa shape index (κ2) is 2.91. The fourth-order valence-corrected chi connectivity index (χ4v) is 1.89. The highest BCUT2D eigenvalue weighted by molar-refractivity contribution is 5.64. The maximum atomic E-state index is 5.76. The fourth-order valence-electron chi connectivity index (χ4n) is 1.89. The van der Waals surface area contributed by atoms with E-state index in [2.05, 4.69) is 36.9 Å². The third-order valence-corrected chi connectivity index (χ3v) is 2.78. The summed E-state index contributed by atoms with van der Waals surface area (Å²) in [5, 5.41) is 0. The van der Waals surface area contributed by atoms with E-state index in [9.17, 15) is 0 Å². The largest absolute Gasteiger partial charge is 0.490 e. The van der Waals surface area contributed by atoms with Crippen LogP contribution in [0.15, 0.2) is 18.2 Å². The van der Waals surface area contributed by atoms with Crippen LogP contribution in [0, 0.1) is 0 Å². The van der Waals surface area contributed by atoms with Gasteiger partial charge in [0, 0.05) is 25.1 Å². The van der Waals surface area contributed by atoms with Crippen LogP contribution in [-0.2, 0) is 5.41 Å². The van der Waals surface area contributed by atoms with Gasteiger partial charge in [0.15, 0.2) is 0 Å². The number of para-hydroxylation sites is 1. The average Bonchev–Trinajstić information content (AvgIpc) is 2.42. The maximum Gasteiger partial charge on any atom is 0.146 e. The van der Waals surface area contributed by atoms with E-state index in [1.54, 1.807) is 0 Å². The topological polar surface area (TPSA) is 12.5 Å². The molecule has 1 aromatic rings. The Bertz CT molecular complexity index is 355. The van der Waals surface area contributed by atoms with Crippen molar-refractivity contribution in [2.24, 2.45) is 0 Å². The summed E-state index contributed by atoms with van der Waals surface area (Å²) < 4.78 is 5.76. The van der Waals surface area contributed by atoms with Crippen LogP contribution in [0.3, 0.4) is 0 Å². The van der Waals surface area contributed by atoms with Gasteiger partial charge < -0.3 is 9.64 Å². The van der Waals surface area contributed by atoms with Crippen LogP contribution in [0.2, 0.25) is 0 Å². The Morgan fingerprint density at radius 3 is 2.64 bits per heavy atom. The average molecular weight is 191 g/mol. The molecule has 0 saturated carbocycles. The number of benzene rings is 1. The summed E-state index contributed by atoms with van der Waals surface area (Å²) in [6.07, 6.45) is 0. The minimum atomic E-state index is 0.154. The van der Waals surface area contributed by atoms with Crippen molar-refractivity contribution in [2.75, 3.05) is 25.6 Å². The van der Waals surface area contributed by atoms with Crippen LogP contribution >= 0.6 is 0 Å². The van der Waals surface area contributed by atoms with Crippen molar-refractivity contribution in [3.63, 3.8) is 0 Å². The van der Waals surface area contributed by atoms with Crippen LogP contribution in [0.1, 0.15) is 19.4 Å². The lowest BCUT2D eigenvalue weighted by molar-refractivity contribution is 0.291. The zero-order valence-corrected chi connectivity index (χ0v) is 9.29. The van der Waals surface area contributed by atoms with Crippen LogP contribution in [0.4, 0.5) is 5.69 Å². The SMILES string of the molecule is CN(C)c1cccc2c1OCC2(C)C. The van der Waals surface area contributed by atoms with E-state index in [0.717, 1.165) is 12.4 Å². The van der Waals surface area contributed by atoms with Crippen molar-refractivity contribution in [1.82, 2.24) is 0 Å². The molecule has 1 aliphatic rings. The number of ether oxygens (including phenoxy) is 1. The normalized spacial score (nSPS) is 17.4. The molecular weight excluding hydrogens is 174 g/mol. The Hall–Kier alpha value is -1.18. The van der Waals surface area contributed by atoms with E-state index < -0.39 is 0 Å². The van der Waals surface area contributed by atoms with Gasteiger partial charge in [-0.05, 0) is 6.07 Å². The molecule has 0 aliphatic carbocycles. The predicted molar refractivity (Wildman–Crippen MR) is 59.3 cm³/mol. The lowest BCUT2D eigenvalue weighted by Crippen LogP contribution is -2.18. The molecule has 1 aromatic carbocycles. The Balaban J connectivity index is 2.56. The molecular formula is C12H17NO. The molecule has 1 heterocycles. The van der Waals surface area contributed by atoms with E-state index >= 15 is 0 Å². The Morgan fingerprint density at radius 1 is 1.29 bits per heavy atom. The van der Waals surface area contributed by atoms with Crippen molar-refractivity contribution in [3.8, 4) is 5.75 Å². The molecule has 0 spiro atoms. The first-order valence-corrected chi connectivity index (χ1v) is 4.96. The molecule has 76 valence electrons. The Labute approximate surface area is 85.5 Å². The smallest absolute Gasteiger partial charge is 0.146 e. The first kappa shape index (κ1) is 9.38. The second-order valence-corrected chi connectivity index (χ2v) is 4.72. The number of anilines is 1. The van der Waals surface area contributed by atoms with Gasteiger partial charge in [0.1, 0.15) is 5.75 Å². The summed E-state index contributed by atoms with van der Waals surface area (Å²) in [6, 6.07) is 6.36. The highest BCUT2D eigenvalue weighted by atomic mass is 16.5. The number of rotatable bonds is 1. The lowest BCUT2D eigenvalue weighted by atomic mass is 9.87. The first-order valence-electron chi connectivity index (χ1n) is 4.96. The molecule has 14 heavy (non-hydrogen) atoms. The van der Waals surface area contributed by atoms with Crippen LogP contribution < -0.4 is 9.64 Å². The van der Waals surface area contributed by atoms with Crippen molar-refractivity contribution in [3.05, 3.63) is 23.8 Å². The molecule has 2 nitrogen and oxygen atoms in total. The number of hydrogen-bond acceptors (Lipinski definition) is 2. The van der Waals surface area contributed by atoms with Gasteiger partial charge in [-0.1, -0.05) is 26.0 Å². The van der Waals surface area contributed by atoms with Crippen molar-refractivity contribution < 1.29 is 4.74 Å². The van der Waals surface area contributed by atoms with Gasteiger partial charge in [0.25, 0.3) is 0 Å². The highest BCUT2D eigenvalue weighted by Gasteiger charge is 2.33. The van der Waals surface area contributed by atoms with Crippen LogP contribution in [0.25, 0.3) is 0 Å². The molecule has 0 aromatic heterocycles. The zero-order valence-electron chi connectivity index (χ0n) is 9.29. The summed E-state index contributed by atoms with van der Waals surface area (Å²) in [5.41, 5.74) is 2.65. The van der Waals surface area contributed by atoms with E-state index in [1.807, 2.05) is 14.1 Å². The van der Waals surface area contributed by atoms with Gasteiger partial charge in [0.2, 0.25) is 0 Å². The first-order chi connectivity index (χ1) is 6.52. The number of fused-ring (bicyclic) bond motifs is 1. The highest BCUT2D eigenvalue weighted by Crippen LogP contribution is 2.43. The molecule has 0 unspecified atom stereocenters. The van der Waals surface area contributed by atoms with E-state index in [1.165, 1.54) is 11.3 Å². The molecule has 0 atom stereocenters. The number of nitrogens with zero attached hydrogens (tertiary/aromatic N) is 1. The van der Waals surface area contributed by atoms with Gasteiger partial charge >= 0.3 is 0 Å². The van der Waals surface area contributed by atoms with Gasteiger partial charge in [-0.3, -0.25) is 0 Å². The fraction of sp³-hybridized carbons (Fsp3) is 0.500. The van der Waals surface area contributed by atoms with E-state index in [0.29, 0.717) is 0 Å². The van der Waals surface area contributed by atoms with Crippen LogP contribution in [0.5, 0.6) is 5.75 Å². The predicted octanol–water partition coefficient (Wildman–Crippen LogP) is 2.42. The Morgan fingerprint density at radius 2 is 2.00 bits per heavy atom. The summed E-state index contributed by atoms with van der Waals surface area (Å²) in [4.78, 5) is 2.10. The molecule has 0 fully saturated rings. The monoisotopic (exact) mass is 191 g/mol.